The first-order valence-electron chi connectivity index (χ1n) is 13.1. The lowest BCUT2D eigenvalue weighted by atomic mass is 9.76. The molecule has 4 atom stereocenters. The van der Waals surface area contributed by atoms with Crippen LogP contribution in [0.5, 0.6) is 0 Å². The first kappa shape index (κ1) is 28.4. The van der Waals surface area contributed by atoms with Crippen LogP contribution in [0.4, 0.5) is 0 Å². The molecule has 3 heterocycles. The van der Waals surface area contributed by atoms with Gasteiger partial charge in [0.15, 0.2) is 5.78 Å². The standard InChI is InChI=1S/C28H38N4O5S/c1-17-25(38-16-31-17)19-7-5-18(6-8-19)13-29-26(35)23-11-20(33)14-32(23)27(36)21(28(2,3)4)12-24(34)22-9-10-37-15-30-22/h5-8,16,20-23,30,33H,9-15H2,1-4H3,(H,29,35)/t20-,21-,22-,23+/m1/s1. The SMILES string of the molecule is Cc1ncsc1-c1ccc(CNC(=O)[C@@H]2C[C@@H](O)CN2C(=O)[C@@H](CC(=O)[C@H]2CCOCN2)C(C)(C)C)cc1. The van der Waals surface area contributed by atoms with E-state index in [1.54, 1.807) is 11.3 Å². The van der Waals surface area contributed by atoms with Crippen molar-refractivity contribution in [3.63, 3.8) is 0 Å². The number of carbonyl (C=O) groups excluding carboxylic acids is 3. The van der Waals surface area contributed by atoms with Gasteiger partial charge in [-0.2, -0.15) is 0 Å². The van der Waals surface area contributed by atoms with E-state index in [9.17, 15) is 19.5 Å². The van der Waals surface area contributed by atoms with Crippen molar-refractivity contribution in [2.24, 2.45) is 11.3 Å². The van der Waals surface area contributed by atoms with Gasteiger partial charge >= 0.3 is 0 Å². The number of benzene rings is 1. The molecular weight excluding hydrogens is 504 g/mol. The summed E-state index contributed by atoms with van der Waals surface area (Å²) < 4.78 is 5.27. The topological polar surface area (TPSA) is 121 Å². The molecule has 0 radical (unpaired) electrons. The van der Waals surface area contributed by atoms with Gasteiger partial charge in [0, 0.05) is 31.8 Å². The Kier molecular flexibility index (Phi) is 8.97. The highest BCUT2D eigenvalue weighted by molar-refractivity contribution is 7.13. The lowest BCUT2D eigenvalue weighted by molar-refractivity contribution is -0.146. The maximum absolute atomic E-state index is 13.8. The largest absolute Gasteiger partial charge is 0.391 e. The van der Waals surface area contributed by atoms with E-state index in [0.717, 1.165) is 21.7 Å². The fourth-order valence-electron chi connectivity index (χ4n) is 5.08. The zero-order valence-electron chi connectivity index (χ0n) is 22.5. The number of hydrogen-bond donors (Lipinski definition) is 3. The summed E-state index contributed by atoms with van der Waals surface area (Å²) in [7, 11) is 0. The van der Waals surface area contributed by atoms with Crippen LogP contribution in [0.1, 0.15) is 51.3 Å². The molecule has 1 aromatic carbocycles. The maximum atomic E-state index is 13.8. The first-order chi connectivity index (χ1) is 18.0. The van der Waals surface area contributed by atoms with E-state index in [1.165, 1.54) is 4.90 Å². The lowest BCUT2D eigenvalue weighted by Crippen LogP contribution is -2.51. The summed E-state index contributed by atoms with van der Waals surface area (Å²) >= 11 is 1.59. The molecule has 10 heteroatoms. The van der Waals surface area contributed by atoms with Gasteiger partial charge in [0.2, 0.25) is 11.8 Å². The molecule has 0 aliphatic carbocycles. The fraction of sp³-hybridized carbons (Fsp3) is 0.571. The molecule has 1 aromatic heterocycles. The number of carbonyl (C=O) groups is 3. The zero-order chi connectivity index (χ0) is 27.4. The van der Waals surface area contributed by atoms with Gasteiger partial charge in [-0.1, -0.05) is 45.0 Å². The van der Waals surface area contributed by atoms with Crippen LogP contribution in [0.15, 0.2) is 29.8 Å². The number of nitrogens with zero attached hydrogens (tertiary/aromatic N) is 2. The first-order valence-corrected chi connectivity index (χ1v) is 14.0. The van der Waals surface area contributed by atoms with Crippen LogP contribution in [-0.4, -0.2) is 70.7 Å². The number of aryl methyl sites for hydroxylation is 1. The highest BCUT2D eigenvalue weighted by atomic mass is 32.1. The average molecular weight is 543 g/mol. The third-order valence-electron chi connectivity index (χ3n) is 7.41. The van der Waals surface area contributed by atoms with Crippen molar-refractivity contribution < 1.29 is 24.2 Å². The minimum absolute atomic E-state index is 0.0284. The number of rotatable bonds is 8. The molecule has 2 amide bonds. The number of ether oxygens (including phenoxy) is 1. The van der Waals surface area contributed by atoms with Crippen molar-refractivity contribution in [1.29, 1.82) is 0 Å². The van der Waals surface area contributed by atoms with E-state index in [4.69, 9.17) is 4.74 Å². The molecule has 2 aromatic rings. The summed E-state index contributed by atoms with van der Waals surface area (Å²) in [4.78, 5) is 46.9. The van der Waals surface area contributed by atoms with Gasteiger partial charge in [0.1, 0.15) is 6.04 Å². The lowest BCUT2D eigenvalue weighted by Gasteiger charge is -2.35. The van der Waals surface area contributed by atoms with Crippen LogP contribution in [0.25, 0.3) is 10.4 Å². The summed E-state index contributed by atoms with van der Waals surface area (Å²) in [6, 6.07) is 6.83. The summed E-state index contributed by atoms with van der Waals surface area (Å²) in [5, 5.41) is 16.4. The molecule has 38 heavy (non-hydrogen) atoms. The number of β-amino-alcohol motifs (C(OH)–C–C–N with tert-alkyl or cyclic N) is 1. The molecule has 4 rings (SSSR count). The molecule has 0 spiro atoms. The number of amides is 2. The number of aliphatic hydroxyl groups excluding tert-OH is 1. The maximum Gasteiger partial charge on any atom is 0.243 e. The molecule has 2 saturated heterocycles. The molecule has 0 bridgehead atoms. The number of hydrogen-bond acceptors (Lipinski definition) is 8. The quantitative estimate of drug-likeness (QED) is 0.469. The highest BCUT2D eigenvalue weighted by Crippen LogP contribution is 2.34. The second-order valence-corrected chi connectivity index (χ2v) is 12.1. The zero-order valence-corrected chi connectivity index (χ0v) is 23.3. The third-order valence-corrected chi connectivity index (χ3v) is 8.39. The minimum Gasteiger partial charge on any atom is -0.391 e. The molecule has 9 nitrogen and oxygen atoms in total. The van der Waals surface area contributed by atoms with Crippen molar-refractivity contribution in [3.05, 3.63) is 41.0 Å². The van der Waals surface area contributed by atoms with Crippen LogP contribution >= 0.6 is 11.3 Å². The van der Waals surface area contributed by atoms with Gasteiger partial charge in [0.25, 0.3) is 0 Å². The van der Waals surface area contributed by atoms with E-state index in [1.807, 2.05) is 57.5 Å². The number of nitrogens with one attached hydrogen (secondary N) is 2. The van der Waals surface area contributed by atoms with Crippen LogP contribution in [0.3, 0.4) is 0 Å². The van der Waals surface area contributed by atoms with Crippen LogP contribution in [0.2, 0.25) is 0 Å². The second kappa shape index (κ2) is 12.0. The van der Waals surface area contributed by atoms with Crippen LogP contribution in [-0.2, 0) is 25.7 Å². The number of likely N-dealkylation sites (tertiary alicyclic amines) is 1. The van der Waals surface area contributed by atoms with Gasteiger partial charge in [-0.3, -0.25) is 19.7 Å². The third kappa shape index (κ3) is 6.66. The normalized spacial score (nSPS) is 22.8. The Balaban J connectivity index is 1.41. The Morgan fingerprint density at radius 3 is 2.61 bits per heavy atom. The Bertz CT molecular complexity index is 1140. The Labute approximate surface area is 228 Å². The highest BCUT2D eigenvalue weighted by Gasteiger charge is 2.44. The predicted octanol–water partition coefficient (Wildman–Crippen LogP) is 2.65. The number of aliphatic hydroxyl groups is 1. The van der Waals surface area contributed by atoms with Gasteiger partial charge in [-0.05, 0) is 29.9 Å². The second-order valence-electron chi connectivity index (χ2n) is 11.3. The summed E-state index contributed by atoms with van der Waals surface area (Å²) in [6.07, 6.45) is 0.0346. The Morgan fingerprint density at radius 1 is 1.26 bits per heavy atom. The molecule has 0 saturated carbocycles. The fourth-order valence-corrected chi connectivity index (χ4v) is 5.89. The van der Waals surface area contributed by atoms with Gasteiger partial charge < -0.3 is 20.1 Å². The van der Waals surface area contributed by atoms with Crippen LogP contribution in [0, 0.1) is 18.3 Å². The summed E-state index contributed by atoms with van der Waals surface area (Å²) in [5.41, 5.74) is 4.33. The molecule has 206 valence electrons. The Morgan fingerprint density at radius 2 is 2.00 bits per heavy atom. The monoisotopic (exact) mass is 542 g/mol. The minimum atomic E-state index is -0.787. The van der Waals surface area contributed by atoms with E-state index in [0.29, 0.717) is 26.3 Å². The predicted molar refractivity (Wildman–Crippen MR) is 145 cm³/mol. The summed E-state index contributed by atoms with van der Waals surface area (Å²) in [5.74, 6) is -1.21. The van der Waals surface area contributed by atoms with Gasteiger partial charge in [-0.25, -0.2) is 4.98 Å². The van der Waals surface area contributed by atoms with E-state index < -0.39 is 23.5 Å². The van der Waals surface area contributed by atoms with E-state index >= 15 is 0 Å². The van der Waals surface area contributed by atoms with E-state index in [-0.39, 0.29) is 43.0 Å². The number of Topliss-reactive ketones (excluding diaryl/α,β-unsaturated/α-hetero) is 1. The van der Waals surface area contributed by atoms with Crippen molar-refractivity contribution in [2.45, 2.75) is 71.7 Å². The smallest absolute Gasteiger partial charge is 0.243 e. The van der Waals surface area contributed by atoms with Crippen molar-refractivity contribution >= 4 is 28.9 Å². The van der Waals surface area contributed by atoms with Crippen molar-refractivity contribution in [2.75, 3.05) is 19.9 Å². The molecule has 0 unspecified atom stereocenters. The number of thiazole rings is 1. The van der Waals surface area contributed by atoms with Gasteiger partial charge in [-0.15, -0.1) is 11.3 Å². The van der Waals surface area contributed by atoms with Gasteiger partial charge in [0.05, 0.1) is 41.6 Å². The van der Waals surface area contributed by atoms with Crippen molar-refractivity contribution in [3.8, 4) is 10.4 Å². The number of aromatic nitrogens is 1. The summed E-state index contributed by atoms with van der Waals surface area (Å²) in [6.45, 7) is 8.98. The molecule has 2 aliphatic rings. The Hall–Kier alpha value is -2.66. The number of ketones is 1. The molecular formula is C28H38N4O5S. The van der Waals surface area contributed by atoms with E-state index in [2.05, 4.69) is 15.6 Å². The molecule has 2 fully saturated rings. The van der Waals surface area contributed by atoms with Crippen LogP contribution < -0.4 is 10.6 Å². The van der Waals surface area contributed by atoms with Crippen molar-refractivity contribution in [1.82, 2.24) is 20.5 Å². The molecule has 2 aliphatic heterocycles. The average Bonchev–Trinajstić information content (AvgIpc) is 3.50. The molecule has 3 N–H and O–H groups in total.